The molecule has 0 radical (unpaired) electrons. The summed E-state index contributed by atoms with van der Waals surface area (Å²) in [5, 5.41) is 3.71. The highest BCUT2D eigenvalue weighted by molar-refractivity contribution is 7.43. The van der Waals surface area contributed by atoms with Gasteiger partial charge in [0.15, 0.2) is 6.29 Å². The molecule has 1 fully saturated rings. The van der Waals surface area contributed by atoms with Crippen molar-refractivity contribution in [2.24, 2.45) is 0 Å². The van der Waals surface area contributed by atoms with E-state index in [0.29, 0.717) is 35.5 Å². The van der Waals surface area contributed by atoms with E-state index in [1.807, 2.05) is 152 Å². The summed E-state index contributed by atoms with van der Waals surface area (Å²) in [6, 6.07) is 52.3. The van der Waals surface area contributed by atoms with Crippen molar-refractivity contribution in [1.82, 2.24) is 0 Å². The van der Waals surface area contributed by atoms with Crippen molar-refractivity contribution in [1.29, 1.82) is 0 Å². The average Bonchev–Trinajstić information content (AvgIpc) is 3.40. The molecular formula is C55H52O14P2. The van der Waals surface area contributed by atoms with Crippen LogP contribution in [0.2, 0.25) is 0 Å². The highest BCUT2D eigenvalue weighted by Gasteiger charge is 2.49. The van der Waals surface area contributed by atoms with Crippen LogP contribution in [0.1, 0.15) is 50.2 Å². The van der Waals surface area contributed by atoms with Crippen molar-refractivity contribution >= 4 is 50.7 Å². The molecule has 10 rings (SSSR count). The van der Waals surface area contributed by atoms with Gasteiger partial charge in [0, 0.05) is 13.2 Å². The third kappa shape index (κ3) is 12.6. The van der Waals surface area contributed by atoms with Gasteiger partial charge in [0.2, 0.25) is 0 Å². The number of benzene rings is 7. The molecule has 7 aromatic carbocycles. The molecule has 0 aliphatic carbocycles. The first-order chi connectivity index (χ1) is 35.0. The first kappa shape index (κ1) is 48.8. The Kier molecular flexibility index (Phi) is 16.5. The molecule has 0 N–H and O–H groups in total. The Labute approximate surface area is 413 Å². The first-order valence-electron chi connectivity index (χ1n) is 23.5. The van der Waals surface area contributed by atoms with E-state index < -0.39 is 59.8 Å². The van der Waals surface area contributed by atoms with Crippen molar-refractivity contribution in [3.8, 4) is 11.5 Å². The number of carbonyl (C=O) groups is 2. The summed E-state index contributed by atoms with van der Waals surface area (Å²) in [6.07, 6.45) is -2.86. The molecule has 1 saturated heterocycles. The minimum absolute atomic E-state index is 0.104. The van der Waals surface area contributed by atoms with Crippen molar-refractivity contribution in [3.63, 3.8) is 0 Å². The average molecular weight is 999 g/mol. The van der Waals surface area contributed by atoms with Crippen LogP contribution in [0, 0.1) is 0 Å². The van der Waals surface area contributed by atoms with Gasteiger partial charge in [-0.1, -0.05) is 140 Å². The Hall–Kier alpha value is -5.86. The molecule has 3 aliphatic heterocycles. The zero-order chi connectivity index (χ0) is 48.2. The number of fused-ring (bicyclic) bond motifs is 4. The molecule has 0 saturated carbocycles. The summed E-state index contributed by atoms with van der Waals surface area (Å²) < 4.78 is 75.1. The lowest BCUT2D eigenvalue weighted by molar-refractivity contribution is -0.329. The monoisotopic (exact) mass is 998 g/mol. The second-order valence-electron chi connectivity index (χ2n) is 16.9. The second-order valence-corrected chi connectivity index (χ2v) is 19.1. The molecule has 7 atom stereocenters. The van der Waals surface area contributed by atoms with Crippen LogP contribution in [-0.4, -0.2) is 75.7 Å². The van der Waals surface area contributed by atoms with Gasteiger partial charge in [-0.2, -0.15) is 0 Å². The second kappa shape index (κ2) is 24.0. The smallest absolute Gasteiger partial charge is 0.417 e. The third-order valence-electron chi connectivity index (χ3n) is 11.9. The molecule has 366 valence electrons. The van der Waals surface area contributed by atoms with Gasteiger partial charge in [-0.25, -0.2) is 9.59 Å². The summed E-state index contributed by atoms with van der Waals surface area (Å²) in [5.74, 6) is -0.133. The molecule has 0 amide bonds. The van der Waals surface area contributed by atoms with Crippen LogP contribution < -0.4 is 9.05 Å². The maximum absolute atomic E-state index is 13.0. The fourth-order valence-electron chi connectivity index (χ4n) is 8.36. The third-order valence-corrected chi connectivity index (χ3v) is 14.0. The van der Waals surface area contributed by atoms with Gasteiger partial charge in [-0.15, -0.1) is 0 Å². The van der Waals surface area contributed by atoms with Crippen molar-refractivity contribution in [3.05, 3.63) is 192 Å². The lowest BCUT2D eigenvalue weighted by atomic mass is 9.97. The fourth-order valence-corrected chi connectivity index (χ4v) is 10.3. The van der Waals surface area contributed by atoms with Crippen LogP contribution in [0.3, 0.4) is 0 Å². The highest BCUT2D eigenvalue weighted by atomic mass is 31.2. The van der Waals surface area contributed by atoms with E-state index in [-0.39, 0.29) is 52.9 Å². The SMILES string of the molecule is O=C1OP(OCCCOC[C@H]2O[C@H](OCc3ccccc3)[C@H](OCc3ccccc3)[C@@H](OCc3ccccc3)[C@@H]2OCCCOP2OC(=O)c3cc4ccccc4cc3O2)Oc2cc3ccccc3cc21. The first-order valence-corrected chi connectivity index (χ1v) is 25.7. The van der Waals surface area contributed by atoms with Crippen molar-refractivity contribution in [2.45, 2.75) is 63.4 Å². The molecule has 2 unspecified atom stereocenters. The molecule has 0 spiro atoms. The normalized spacial score (nSPS) is 21.7. The van der Waals surface area contributed by atoms with Crippen LogP contribution in [0.5, 0.6) is 11.5 Å². The molecule has 7 aromatic rings. The minimum Gasteiger partial charge on any atom is -0.417 e. The Balaban J connectivity index is 0.823. The molecule has 0 bridgehead atoms. The molecular weight excluding hydrogens is 947 g/mol. The van der Waals surface area contributed by atoms with Gasteiger partial charge in [0.25, 0.3) is 0 Å². The topological polar surface area (TPSA) is 145 Å². The van der Waals surface area contributed by atoms with E-state index in [2.05, 4.69) is 0 Å². The van der Waals surface area contributed by atoms with E-state index in [4.69, 9.17) is 55.6 Å². The Morgan fingerprint density at radius 3 is 1.37 bits per heavy atom. The zero-order valence-electron chi connectivity index (χ0n) is 38.7. The minimum atomic E-state index is -1.99. The maximum Gasteiger partial charge on any atom is 0.465 e. The van der Waals surface area contributed by atoms with Gasteiger partial charge in [0.05, 0.1) is 39.6 Å². The summed E-state index contributed by atoms with van der Waals surface area (Å²) in [6.45, 7) is 1.75. The van der Waals surface area contributed by atoms with Gasteiger partial charge in [0.1, 0.15) is 47.0 Å². The lowest BCUT2D eigenvalue weighted by Crippen LogP contribution is -2.62. The van der Waals surface area contributed by atoms with Crippen molar-refractivity contribution in [2.75, 3.05) is 33.0 Å². The number of rotatable bonds is 22. The number of hydrogen-bond acceptors (Lipinski definition) is 14. The van der Waals surface area contributed by atoms with Gasteiger partial charge < -0.3 is 46.5 Å². The van der Waals surface area contributed by atoms with Crippen LogP contribution in [0.15, 0.2) is 164 Å². The molecule has 3 aliphatic rings. The zero-order valence-corrected chi connectivity index (χ0v) is 40.4. The quantitative estimate of drug-likeness (QED) is 0.0469. The largest absolute Gasteiger partial charge is 0.465 e. The van der Waals surface area contributed by atoms with Gasteiger partial charge in [-0.05, 0) is 75.3 Å². The molecule has 3 heterocycles. The van der Waals surface area contributed by atoms with E-state index in [0.717, 1.165) is 38.2 Å². The van der Waals surface area contributed by atoms with Gasteiger partial charge >= 0.3 is 29.1 Å². The predicted octanol–water partition coefficient (Wildman–Crippen LogP) is 11.6. The van der Waals surface area contributed by atoms with Gasteiger partial charge in [-0.3, -0.25) is 9.05 Å². The summed E-state index contributed by atoms with van der Waals surface area (Å²) in [7, 11) is -3.94. The van der Waals surface area contributed by atoms with E-state index in [1.54, 1.807) is 12.1 Å². The van der Waals surface area contributed by atoms with Crippen LogP contribution >= 0.6 is 17.2 Å². The van der Waals surface area contributed by atoms with Crippen LogP contribution in [0.25, 0.3) is 21.5 Å². The van der Waals surface area contributed by atoms with Crippen LogP contribution in [-0.2, 0) is 66.3 Å². The molecule has 71 heavy (non-hydrogen) atoms. The van der Waals surface area contributed by atoms with E-state index in [1.165, 1.54) is 0 Å². The Bertz CT molecular complexity index is 2860. The number of ether oxygens (including phenoxy) is 6. The van der Waals surface area contributed by atoms with E-state index >= 15 is 0 Å². The fraction of sp³-hybridized carbons (Fsp3) is 0.273. The number of carbonyl (C=O) groups excluding carboxylic acids is 2. The van der Waals surface area contributed by atoms with E-state index in [9.17, 15) is 9.59 Å². The molecule has 16 heteroatoms. The Morgan fingerprint density at radius 2 is 0.859 bits per heavy atom. The predicted molar refractivity (Wildman–Crippen MR) is 265 cm³/mol. The number of hydrogen-bond donors (Lipinski definition) is 0. The summed E-state index contributed by atoms with van der Waals surface area (Å²) >= 11 is 0. The summed E-state index contributed by atoms with van der Waals surface area (Å²) in [5.41, 5.74) is 3.61. The summed E-state index contributed by atoms with van der Waals surface area (Å²) in [4.78, 5) is 25.9. The lowest BCUT2D eigenvalue weighted by Gasteiger charge is -2.46. The standard InChI is InChI=1S/C55H52O14P2/c56-53-45-30-41-22-10-12-24-43(41)32-47(45)66-70(68-53)63-28-14-26-58-37-49-50(59-27-15-29-64-71-67-48-33-44-25-13-11-23-42(44)31-46(48)54(57)69-71)51(60-34-38-16-4-1-5-17-38)52(61-35-39-18-6-2-7-19-39)55(65-49)62-36-40-20-8-3-9-21-40/h1-13,16-25,30-33,49-52,55H,14-15,26-29,34-37H2/t49-,50-,51+,52-,55+,70?,71?/m1/s1. The van der Waals surface area contributed by atoms with Crippen LogP contribution in [0.4, 0.5) is 0 Å². The molecule has 0 aromatic heterocycles. The molecule has 14 nitrogen and oxygen atoms in total. The highest BCUT2D eigenvalue weighted by Crippen LogP contribution is 2.49. The maximum atomic E-state index is 13.0. The Morgan fingerprint density at radius 1 is 0.423 bits per heavy atom. The van der Waals surface area contributed by atoms with Crippen molar-refractivity contribution < 1.29 is 65.2 Å².